The summed E-state index contributed by atoms with van der Waals surface area (Å²) in [5.41, 5.74) is 0.134. The number of hydrogen-bond donors (Lipinski definition) is 1. The summed E-state index contributed by atoms with van der Waals surface area (Å²) in [6.07, 6.45) is 2.76. The van der Waals surface area contributed by atoms with Crippen LogP contribution in [0.25, 0.3) is 0 Å². The van der Waals surface area contributed by atoms with Crippen molar-refractivity contribution in [3.8, 4) is 0 Å². The molecule has 1 saturated carbocycles. The maximum atomic E-state index is 11.2. The van der Waals surface area contributed by atoms with Crippen LogP contribution in [0.2, 0.25) is 0 Å². The number of hydrogen-bond acceptors (Lipinski definition) is 5. The summed E-state index contributed by atoms with van der Waals surface area (Å²) < 4.78 is 0. The van der Waals surface area contributed by atoms with Gasteiger partial charge in [0.05, 0.1) is 11.0 Å². The van der Waals surface area contributed by atoms with E-state index in [-0.39, 0.29) is 10.6 Å². The molecule has 1 aromatic rings. The Hall–Kier alpha value is -1.14. The zero-order chi connectivity index (χ0) is 14.0. The Labute approximate surface area is 117 Å². The quantitative estimate of drug-likeness (QED) is 0.616. The van der Waals surface area contributed by atoms with Crippen LogP contribution in [0.1, 0.15) is 44.1 Å². The molecule has 0 saturated heterocycles. The number of aliphatic hydroxyl groups is 1. The van der Waals surface area contributed by atoms with E-state index in [1.54, 1.807) is 6.92 Å². The minimum atomic E-state index is -0.651. The monoisotopic (exact) mass is 284 g/mol. The SMILES string of the molecule is CCCN(CC1CC1)c1sc(C(C)O)cc1[N+](=O)[O-]. The largest absolute Gasteiger partial charge is 0.388 e. The highest BCUT2D eigenvalue weighted by Crippen LogP contribution is 2.42. The van der Waals surface area contributed by atoms with E-state index in [1.807, 2.05) is 0 Å². The van der Waals surface area contributed by atoms with Crippen molar-refractivity contribution in [3.05, 3.63) is 21.1 Å². The van der Waals surface area contributed by atoms with Gasteiger partial charge >= 0.3 is 5.69 Å². The first-order valence-corrected chi connectivity index (χ1v) is 7.55. The van der Waals surface area contributed by atoms with Gasteiger partial charge in [0.2, 0.25) is 0 Å². The minimum absolute atomic E-state index is 0.134. The Bertz CT molecular complexity index is 455. The molecular weight excluding hydrogens is 264 g/mol. The molecule has 0 amide bonds. The second-order valence-electron chi connectivity index (χ2n) is 5.16. The van der Waals surface area contributed by atoms with Crippen molar-refractivity contribution in [3.63, 3.8) is 0 Å². The number of rotatable bonds is 7. The van der Waals surface area contributed by atoms with Crippen molar-refractivity contribution in [2.24, 2.45) is 5.92 Å². The Balaban J connectivity index is 2.29. The van der Waals surface area contributed by atoms with Gasteiger partial charge in [-0.3, -0.25) is 10.1 Å². The van der Waals surface area contributed by atoms with Crippen LogP contribution in [0, 0.1) is 16.0 Å². The number of nitro groups is 1. The molecule has 1 N–H and O–H groups in total. The van der Waals surface area contributed by atoms with Crippen LogP contribution in [0.5, 0.6) is 0 Å². The summed E-state index contributed by atoms with van der Waals surface area (Å²) in [6, 6.07) is 1.51. The van der Waals surface area contributed by atoms with Crippen LogP contribution >= 0.6 is 11.3 Å². The standard InChI is InChI=1S/C13H20N2O3S/c1-3-6-14(8-10-4-5-10)13-11(15(17)18)7-12(19-13)9(2)16/h7,9-10,16H,3-6,8H2,1-2H3. The van der Waals surface area contributed by atoms with Crippen molar-refractivity contribution in [1.29, 1.82) is 0 Å². The molecule has 1 aliphatic rings. The van der Waals surface area contributed by atoms with Gasteiger partial charge in [0.1, 0.15) is 0 Å². The summed E-state index contributed by atoms with van der Waals surface area (Å²) in [6.45, 7) is 5.45. The molecule has 0 radical (unpaired) electrons. The predicted octanol–water partition coefficient (Wildman–Crippen LogP) is 3.34. The van der Waals surface area contributed by atoms with Crippen LogP contribution in [0.4, 0.5) is 10.7 Å². The van der Waals surface area contributed by atoms with Gasteiger partial charge in [-0.2, -0.15) is 0 Å². The van der Waals surface area contributed by atoms with E-state index in [0.717, 1.165) is 19.5 Å². The fraction of sp³-hybridized carbons (Fsp3) is 0.692. The first-order valence-electron chi connectivity index (χ1n) is 6.74. The lowest BCUT2D eigenvalue weighted by Crippen LogP contribution is -2.26. The van der Waals surface area contributed by atoms with Gasteiger partial charge in [0.25, 0.3) is 0 Å². The van der Waals surface area contributed by atoms with E-state index in [1.165, 1.54) is 30.2 Å². The van der Waals surface area contributed by atoms with E-state index in [0.29, 0.717) is 15.8 Å². The molecule has 1 atom stereocenters. The maximum absolute atomic E-state index is 11.2. The fourth-order valence-corrected chi connectivity index (χ4v) is 3.21. The Morgan fingerprint density at radius 1 is 1.63 bits per heavy atom. The zero-order valence-corrected chi connectivity index (χ0v) is 12.2. The molecular formula is C13H20N2O3S. The number of thiophene rings is 1. The van der Waals surface area contributed by atoms with Gasteiger partial charge < -0.3 is 10.0 Å². The summed E-state index contributed by atoms with van der Waals surface area (Å²) in [7, 11) is 0. The lowest BCUT2D eigenvalue weighted by molar-refractivity contribution is -0.383. The Kier molecular flexibility index (Phi) is 4.42. The normalized spacial score (nSPS) is 16.4. The van der Waals surface area contributed by atoms with E-state index in [2.05, 4.69) is 11.8 Å². The first kappa shape index (κ1) is 14.3. The predicted molar refractivity (Wildman–Crippen MR) is 76.8 cm³/mol. The highest BCUT2D eigenvalue weighted by molar-refractivity contribution is 7.16. The Morgan fingerprint density at radius 3 is 2.79 bits per heavy atom. The third kappa shape index (κ3) is 3.45. The molecule has 1 heterocycles. The van der Waals surface area contributed by atoms with Crippen LogP contribution in [-0.4, -0.2) is 23.1 Å². The zero-order valence-electron chi connectivity index (χ0n) is 11.3. The molecule has 1 fully saturated rings. The lowest BCUT2D eigenvalue weighted by atomic mass is 10.3. The van der Waals surface area contributed by atoms with Crippen molar-refractivity contribution in [2.75, 3.05) is 18.0 Å². The summed E-state index contributed by atoms with van der Waals surface area (Å²) in [4.78, 5) is 13.6. The molecule has 0 bridgehead atoms. The molecule has 2 rings (SSSR count). The average molecular weight is 284 g/mol. The fourth-order valence-electron chi connectivity index (χ4n) is 2.11. The smallest absolute Gasteiger partial charge is 0.304 e. The van der Waals surface area contributed by atoms with Gasteiger partial charge in [0, 0.05) is 24.0 Å². The van der Waals surface area contributed by atoms with E-state index >= 15 is 0 Å². The first-order chi connectivity index (χ1) is 9.02. The number of nitrogens with zero attached hydrogens (tertiary/aromatic N) is 2. The van der Waals surface area contributed by atoms with Crippen molar-refractivity contribution < 1.29 is 10.0 Å². The summed E-state index contributed by atoms with van der Waals surface area (Å²) in [5, 5.41) is 21.5. The van der Waals surface area contributed by atoms with Crippen LogP contribution in [0.15, 0.2) is 6.07 Å². The lowest BCUT2D eigenvalue weighted by Gasteiger charge is -2.21. The number of aliphatic hydroxyl groups excluding tert-OH is 1. The molecule has 1 aromatic heterocycles. The minimum Gasteiger partial charge on any atom is -0.388 e. The molecule has 0 aromatic carbocycles. The van der Waals surface area contributed by atoms with E-state index in [4.69, 9.17) is 0 Å². The molecule has 19 heavy (non-hydrogen) atoms. The summed E-state index contributed by atoms with van der Waals surface area (Å²) >= 11 is 1.35. The molecule has 6 heteroatoms. The van der Waals surface area contributed by atoms with Gasteiger partial charge in [-0.25, -0.2) is 0 Å². The van der Waals surface area contributed by atoms with Crippen molar-refractivity contribution in [2.45, 2.75) is 39.2 Å². The molecule has 0 spiro atoms. The van der Waals surface area contributed by atoms with Gasteiger partial charge in [-0.1, -0.05) is 6.92 Å². The Morgan fingerprint density at radius 2 is 2.32 bits per heavy atom. The van der Waals surface area contributed by atoms with Gasteiger partial charge in [-0.15, -0.1) is 11.3 Å². The van der Waals surface area contributed by atoms with Gasteiger partial charge in [0.15, 0.2) is 5.00 Å². The highest BCUT2D eigenvalue weighted by atomic mass is 32.1. The molecule has 1 aliphatic carbocycles. The second kappa shape index (κ2) is 5.88. The van der Waals surface area contributed by atoms with Gasteiger partial charge in [-0.05, 0) is 32.1 Å². The molecule has 0 aliphatic heterocycles. The van der Waals surface area contributed by atoms with Crippen LogP contribution in [0.3, 0.4) is 0 Å². The average Bonchev–Trinajstić information content (AvgIpc) is 3.04. The highest BCUT2D eigenvalue weighted by Gasteiger charge is 2.30. The second-order valence-corrected chi connectivity index (χ2v) is 6.22. The third-order valence-electron chi connectivity index (χ3n) is 3.28. The van der Waals surface area contributed by atoms with E-state index in [9.17, 15) is 15.2 Å². The molecule has 5 nitrogen and oxygen atoms in total. The summed E-state index contributed by atoms with van der Waals surface area (Å²) in [5.74, 6) is 0.684. The van der Waals surface area contributed by atoms with Crippen molar-refractivity contribution >= 4 is 22.0 Å². The van der Waals surface area contributed by atoms with Crippen LogP contribution in [-0.2, 0) is 0 Å². The maximum Gasteiger partial charge on any atom is 0.304 e. The number of anilines is 1. The molecule has 106 valence electrons. The molecule has 1 unspecified atom stereocenters. The topological polar surface area (TPSA) is 66.6 Å². The van der Waals surface area contributed by atoms with E-state index < -0.39 is 6.10 Å². The van der Waals surface area contributed by atoms with Crippen LogP contribution < -0.4 is 4.90 Å². The van der Waals surface area contributed by atoms with Crippen molar-refractivity contribution in [1.82, 2.24) is 0 Å². The third-order valence-corrected chi connectivity index (χ3v) is 4.63.